The number of thioether (sulfide) groups is 1. The van der Waals surface area contributed by atoms with Crippen LogP contribution in [-0.2, 0) is 21.7 Å². The summed E-state index contributed by atoms with van der Waals surface area (Å²) in [5.74, 6) is 0.881. The zero-order valence-electron chi connectivity index (χ0n) is 18.8. The van der Waals surface area contributed by atoms with Gasteiger partial charge < -0.3 is 14.2 Å². The summed E-state index contributed by atoms with van der Waals surface area (Å²) in [5.41, 5.74) is 1.97. The number of methoxy groups -OCH3 is 1. The predicted octanol–water partition coefficient (Wildman–Crippen LogP) is 7.15. The van der Waals surface area contributed by atoms with Crippen LogP contribution < -0.4 is 9.47 Å². The zero-order valence-corrected chi connectivity index (χ0v) is 21.1. The van der Waals surface area contributed by atoms with Crippen molar-refractivity contribution in [1.82, 2.24) is 4.98 Å². The van der Waals surface area contributed by atoms with E-state index < -0.39 is 5.97 Å². The Labute approximate surface area is 214 Å². The maximum Gasteiger partial charge on any atom is 0.379 e. The Hall–Kier alpha value is -2.67. The Morgan fingerprint density at radius 1 is 1.06 bits per heavy atom. The zero-order chi connectivity index (χ0) is 24.3. The summed E-state index contributed by atoms with van der Waals surface area (Å²) in [7, 11) is 1.65. The Balaban J connectivity index is 1.39. The summed E-state index contributed by atoms with van der Waals surface area (Å²) in [6, 6.07) is 18.5. The van der Waals surface area contributed by atoms with Crippen molar-refractivity contribution in [1.29, 1.82) is 0 Å². The van der Waals surface area contributed by atoms with E-state index in [4.69, 9.17) is 37.4 Å². The molecule has 3 aromatic rings. The number of halogens is 2. The highest BCUT2D eigenvalue weighted by Gasteiger charge is 2.13. The first-order valence-electron chi connectivity index (χ1n) is 10.6. The standard InChI is InChI=1S/C26H25Cl2NO4S/c1-18(32-15-4-3-6-19-9-12-22(31-2)13-10-19)26(30)33-25-8-5-7-21(29-25)17-34-24-14-11-20(27)16-23(24)28/h5,7-14,16H,1,3-4,6,15,17H2,2H3. The number of hydrogen-bond donors (Lipinski definition) is 0. The highest BCUT2D eigenvalue weighted by atomic mass is 35.5. The van der Waals surface area contributed by atoms with Crippen molar-refractivity contribution in [3.8, 4) is 11.6 Å². The lowest BCUT2D eigenvalue weighted by Crippen LogP contribution is -2.14. The largest absolute Gasteiger partial charge is 0.497 e. The fourth-order valence-electron chi connectivity index (χ4n) is 2.97. The van der Waals surface area contributed by atoms with E-state index in [2.05, 4.69) is 11.6 Å². The van der Waals surface area contributed by atoms with Gasteiger partial charge in [0.05, 0.1) is 24.4 Å². The van der Waals surface area contributed by atoms with Crippen LogP contribution in [0.5, 0.6) is 11.6 Å². The van der Waals surface area contributed by atoms with Crippen molar-refractivity contribution in [2.75, 3.05) is 13.7 Å². The predicted molar refractivity (Wildman–Crippen MR) is 137 cm³/mol. The van der Waals surface area contributed by atoms with Gasteiger partial charge in [-0.3, -0.25) is 0 Å². The molecule has 0 amide bonds. The minimum atomic E-state index is -0.659. The van der Waals surface area contributed by atoms with Crippen LogP contribution in [-0.4, -0.2) is 24.7 Å². The highest BCUT2D eigenvalue weighted by Crippen LogP contribution is 2.31. The fraction of sp³-hybridized carbons (Fsp3) is 0.231. The average molecular weight is 518 g/mol. The molecule has 0 atom stereocenters. The number of ether oxygens (including phenoxy) is 3. The van der Waals surface area contributed by atoms with Crippen LogP contribution in [0.1, 0.15) is 24.1 Å². The number of pyridine rings is 1. The molecule has 0 unspecified atom stereocenters. The lowest BCUT2D eigenvalue weighted by atomic mass is 10.1. The second kappa shape index (κ2) is 13.3. The molecule has 0 aliphatic rings. The van der Waals surface area contributed by atoms with Crippen molar-refractivity contribution < 1.29 is 19.0 Å². The second-order valence-corrected chi connectivity index (χ2v) is 9.16. The van der Waals surface area contributed by atoms with Crippen LogP contribution in [0.2, 0.25) is 10.0 Å². The first kappa shape index (κ1) is 25.9. The van der Waals surface area contributed by atoms with Crippen LogP contribution in [0.25, 0.3) is 0 Å². The van der Waals surface area contributed by atoms with E-state index in [0.29, 0.717) is 22.4 Å². The number of hydrogen-bond acceptors (Lipinski definition) is 6. The summed E-state index contributed by atoms with van der Waals surface area (Å²) < 4.78 is 15.9. The van der Waals surface area contributed by atoms with E-state index >= 15 is 0 Å². The summed E-state index contributed by atoms with van der Waals surface area (Å²) in [5, 5.41) is 1.17. The summed E-state index contributed by atoms with van der Waals surface area (Å²) in [6.07, 6.45) is 2.63. The van der Waals surface area contributed by atoms with Crippen molar-refractivity contribution in [3.05, 3.63) is 94.3 Å². The number of rotatable bonds is 12. The molecule has 3 rings (SSSR count). The summed E-state index contributed by atoms with van der Waals surface area (Å²) in [4.78, 5) is 17.6. The van der Waals surface area contributed by atoms with Crippen molar-refractivity contribution in [2.45, 2.75) is 29.9 Å². The smallest absolute Gasteiger partial charge is 0.379 e. The first-order chi connectivity index (χ1) is 16.4. The average Bonchev–Trinajstić information content (AvgIpc) is 2.83. The molecule has 0 N–H and O–H groups in total. The Bertz CT molecular complexity index is 1120. The van der Waals surface area contributed by atoms with Gasteiger partial charge >= 0.3 is 5.97 Å². The fourth-order valence-corrected chi connectivity index (χ4v) is 4.37. The minimum Gasteiger partial charge on any atom is -0.497 e. The maximum absolute atomic E-state index is 12.3. The molecule has 34 heavy (non-hydrogen) atoms. The Kier molecular flexibility index (Phi) is 10.1. The molecule has 0 aliphatic carbocycles. The van der Waals surface area contributed by atoms with Gasteiger partial charge in [0, 0.05) is 21.7 Å². The van der Waals surface area contributed by atoms with E-state index in [9.17, 15) is 4.79 Å². The summed E-state index contributed by atoms with van der Waals surface area (Å²) >= 11 is 13.7. The van der Waals surface area contributed by atoms with Crippen molar-refractivity contribution in [3.63, 3.8) is 0 Å². The minimum absolute atomic E-state index is 0.0426. The number of aromatic nitrogens is 1. The van der Waals surface area contributed by atoms with Gasteiger partial charge in [-0.2, -0.15) is 0 Å². The third kappa shape index (κ3) is 8.28. The first-order valence-corrected chi connectivity index (χ1v) is 12.4. The third-order valence-electron chi connectivity index (χ3n) is 4.77. The molecule has 0 fully saturated rings. The third-order valence-corrected chi connectivity index (χ3v) is 6.54. The maximum atomic E-state index is 12.3. The van der Waals surface area contributed by atoms with Gasteiger partial charge in [0.25, 0.3) is 0 Å². The van der Waals surface area contributed by atoms with Crippen LogP contribution in [0, 0.1) is 0 Å². The number of aryl methyl sites for hydroxylation is 1. The Morgan fingerprint density at radius 3 is 2.59 bits per heavy atom. The SMILES string of the molecule is C=C(OCCCCc1ccc(OC)cc1)C(=O)Oc1cccc(CSc2ccc(Cl)cc2Cl)n1. The van der Waals surface area contributed by atoms with E-state index in [1.165, 1.54) is 17.3 Å². The van der Waals surface area contributed by atoms with Gasteiger partial charge in [-0.05, 0) is 67.8 Å². The molecule has 1 heterocycles. The molecule has 0 spiro atoms. The number of carbonyl (C=O) groups excluding carboxylic acids is 1. The molecule has 0 radical (unpaired) electrons. The van der Waals surface area contributed by atoms with Crippen LogP contribution in [0.15, 0.2) is 77.9 Å². The molecule has 5 nitrogen and oxygen atoms in total. The monoisotopic (exact) mass is 517 g/mol. The molecule has 8 heteroatoms. The van der Waals surface area contributed by atoms with E-state index in [-0.39, 0.29) is 11.6 Å². The molecule has 1 aromatic heterocycles. The van der Waals surface area contributed by atoms with Gasteiger partial charge in [-0.15, -0.1) is 11.8 Å². The molecule has 0 saturated heterocycles. The molecule has 178 valence electrons. The van der Waals surface area contributed by atoms with E-state index in [1.54, 1.807) is 31.4 Å². The normalized spacial score (nSPS) is 10.6. The van der Waals surface area contributed by atoms with Gasteiger partial charge in [0.1, 0.15) is 5.75 Å². The lowest BCUT2D eigenvalue weighted by Gasteiger charge is -2.10. The van der Waals surface area contributed by atoms with Crippen LogP contribution in [0.3, 0.4) is 0 Å². The van der Waals surface area contributed by atoms with Crippen molar-refractivity contribution in [2.24, 2.45) is 0 Å². The summed E-state index contributed by atoms with van der Waals surface area (Å²) in [6.45, 7) is 4.06. The van der Waals surface area contributed by atoms with Gasteiger partial charge in [0.15, 0.2) is 5.76 Å². The number of carbonyl (C=O) groups is 1. The molecular weight excluding hydrogens is 493 g/mol. The molecular formula is C26H25Cl2NO4S. The van der Waals surface area contributed by atoms with Gasteiger partial charge in [-0.25, -0.2) is 9.78 Å². The quantitative estimate of drug-likeness (QED) is 0.0835. The van der Waals surface area contributed by atoms with Gasteiger partial charge in [0.2, 0.25) is 5.88 Å². The van der Waals surface area contributed by atoms with E-state index in [0.717, 1.165) is 35.6 Å². The second-order valence-electron chi connectivity index (χ2n) is 7.30. The number of unbranched alkanes of at least 4 members (excludes halogenated alkanes) is 1. The molecule has 0 saturated carbocycles. The molecule has 0 aliphatic heterocycles. The molecule has 0 bridgehead atoms. The van der Waals surface area contributed by atoms with Crippen LogP contribution >= 0.6 is 35.0 Å². The number of benzene rings is 2. The lowest BCUT2D eigenvalue weighted by molar-refractivity contribution is -0.134. The Morgan fingerprint density at radius 2 is 1.85 bits per heavy atom. The topological polar surface area (TPSA) is 57.7 Å². The number of esters is 1. The number of nitrogens with zero attached hydrogens (tertiary/aromatic N) is 1. The van der Waals surface area contributed by atoms with Crippen LogP contribution in [0.4, 0.5) is 0 Å². The highest BCUT2D eigenvalue weighted by molar-refractivity contribution is 7.98. The van der Waals surface area contributed by atoms with E-state index in [1.807, 2.05) is 36.4 Å². The van der Waals surface area contributed by atoms with Crippen molar-refractivity contribution >= 4 is 40.9 Å². The van der Waals surface area contributed by atoms with Gasteiger partial charge in [-0.1, -0.05) is 41.4 Å². The molecule has 2 aromatic carbocycles.